The Balaban J connectivity index is 1.63. The van der Waals surface area contributed by atoms with E-state index in [9.17, 15) is 4.79 Å². The van der Waals surface area contributed by atoms with Crippen LogP contribution in [-0.4, -0.2) is 23.0 Å². The van der Waals surface area contributed by atoms with Gasteiger partial charge in [-0.2, -0.15) is 0 Å². The summed E-state index contributed by atoms with van der Waals surface area (Å²) in [5.41, 5.74) is 3.78. The van der Waals surface area contributed by atoms with Crippen LogP contribution < -0.4 is 10.1 Å². The second-order valence-corrected chi connectivity index (χ2v) is 5.59. The molecule has 1 aromatic carbocycles. The van der Waals surface area contributed by atoms with Gasteiger partial charge in [-0.15, -0.1) is 0 Å². The highest BCUT2D eigenvalue weighted by molar-refractivity contribution is 5.79. The van der Waals surface area contributed by atoms with E-state index in [1.54, 1.807) is 31.9 Å². The Morgan fingerprint density at radius 1 is 1.04 bits per heavy atom. The van der Waals surface area contributed by atoms with Crippen LogP contribution in [0.3, 0.4) is 0 Å². The van der Waals surface area contributed by atoms with Crippen LogP contribution >= 0.6 is 0 Å². The first-order chi connectivity index (χ1) is 12.3. The molecule has 0 saturated heterocycles. The number of aromatic nitrogens is 2. The lowest BCUT2D eigenvalue weighted by Crippen LogP contribution is -2.24. The molecular formula is C20H19N3O2. The van der Waals surface area contributed by atoms with Crippen molar-refractivity contribution in [3.8, 4) is 16.9 Å². The van der Waals surface area contributed by atoms with Gasteiger partial charge in [0.15, 0.2) is 0 Å². The van der Waals surface area contributed by atoms with E-state index in [1.807, 2.05) is 42.5 Å². The van der Waals surface area contributed by atoms with Crippen LogP contribution in [-0.2, 0) is 17.8 Å². The van der Waals surface area contributed by atoms with Gasteiger partial charge in [0.05, 0.1) is 13.5 Å². The molecule has 126 valence electrons. The van der Waals surface area contributed by atoms with E-state index in [-0.39, 0.29) is 12.3 Å². The molecule has 2 aromatic heterocycles. The van der Waals surface area contributed by atoms with Gasteiger partial charge in [-0.1, -0.05) is 24.3 Å². The third-order valence-electron chi connectivity index (χ3n) is 3.82. The van der Waals surface area contributed by atoms with Crippen LogP contribution in [0, 0.1) is 0 Å². The summed E-state index contributed by atoms with van der Waals surface area (Å²) in [6.45, 7) is 0.426. The molecule has 5 nitrogen and oxygen atoms in total. The first kappa shape index (κ1) is 16.6. The molecule has 0 aliphatic rings. The number of ether oxygens (including phenoxy) is 1. The Hall–Kier alpha value is -3.21. The van der Waals surface area contributed by atoms with Crippen molar-refractivity contribution in [1.29, 1.82) is 0 Å². The number of amides is 1. The zero-order valence-corrected chi connectivity index (χ0v) is 14.0. The second kappa shape index (κ2) is 8.06. The maximum atomic E-state index is 12.2. The quantitative estimate of drug-likeness (QED) is 0.753. The van der Waals surface area contributed by atoms with Gasteiger partial charge in [-0.25, -0.2) is 0 Å². The molecule has 5 heteroatoms. The standard InChI is InChI=1S/C20H19N3O2/c1-25-19-7-3-2-5-16(19)10-20(24)23-12-15-9-18(14-22-11-15)17-6-4-8-21-13-17/h2-9,11,13-14H,10,12H2,1H3,(H,23,24). The zero-order valence-electron chi connectivity index (χ0n) is 14.0. The molecule has 0 bridgehead atoms. The number of rotatable bonds is 6. The van der Waals surface area contributed by atoms with E-state index < -0.39 is 0 Å². The molecule has 0 atom stereocenters. The zero-order chi connectivity index (χ0) is 17.5. The van der Waals surface area contributed by atoms with E-state index in [1.165, 1.54) is 0 Å². The lowest BCUT2D eigenvalue weighted by Gasteiger charge is -2.09. The van der Waals surface area contributed by atoms with Gasteiger partial charge in [0.2, 0.25) is 5.91 Å². The monoisotopic (exact) mass is 333 g/mol. The summed E-state index contributed by atoms with van der Waals surface area (Å²) in [6, 6.07) is 13.4. The fraction of sp³-hybridized carbons (Fsp3) is 0.150. The molecule has 0 unspecified atom stereocenters. The molecule has 3 aromatic rings. The average Bonchev–Trinajstić information content (AvgIpc) is 2.68. The Bertz CT molecular complexity index is 850. The summed E-state index contributed by atoms with van der Waals surface area (Å²) < 4.78 is 5.28. The first-order valence-corrected chi connectivity index (χ1v) is 7.99. The minimum Gasteiger partial charge on any atom is -0.496 e. The predicted octanol–water partition coefficient (Wildman–Crippen LogP) is 3.01. The third-order valence-corrected chi connectivity index (χ3v) is 3.82. The third kappa shape index (κ3) is 4.41. The second-order valence-electron chi connectivity index (χ2n) is 5.59. The molecule has 0 radical (unpaired) electrons. The van der Waals surface area contributed by atoms with Gasteiger partial charge in [0.1, 0.15) is 5.75 Å². The number of hydrogen-bond donors (Lipinski definition) is 1. The van der Waals surface area contributed by atoms with Crippen molar-refractivity contribution in [1.82, 2.24) is 15.3 Å². The predicted molar refractivity (Wildman–Crippen MR) is 96.0 cm³/mol. The molecule has 1 amide bonds. The average molecular weight is 333 g/mol. The highest BCUT2D eigenvalue weighted by Gasteiger charge is 2.08. The smallest absolute Gasteiger partial charge is 0.224 e. The van der Waals surface area contributed by atoms with Crippen molar-refractivity contribution in [3.05, 3.63) is 78.4 Å². The van der Waals surface area contributed by atoms with Gasteiger partial charge < -0.3 is 10.1 Å². The van der Waals surface area contributed by atoms with Crippen molar-refractivity contribution in [2.75, 3.05) is 7.11 Å². The molecule has 0 fully saturated rings. The fourth-order valence-corrected chi connectivity index (χ4v) is 2.56. The lowest BCUT2D eigenvalue weighted by atomic mass is 10.1. The molecule has 2 heterocycles. The molecule has 0 aliphatic heterocycles. The normalized spacial score (nSPS) is 10.3. The van der Waals surface area contributed by atoms with Gasteiger partial charge >= 0.3 is 0 Å². The number of carbonyl (C=O) groups excluding carboxylic acids is 1. The number of carbonyl (C=O) groups is 1. The number of para-hydroxylation sites is 1. The van der Waals surface area contributed by atoms with Gasteiger partial charge in [-0.05, 0) is 23.8 Å². The Kier molecular flexibility index (Phi) is 5.36. The van der Waals surface area contributed by atoms with Crippen LogP contribution in [0.2, 0.25) is 0 Å². The Morgan fingerprint density at radius 3 is 2.68 bits per heavy atom. The van der Waals surface area contributed by atoms with Crippen molar-refractivity contribution in [3.63, 3.8) is 0 Å². The minimum atomic E-state index is -0.0590. The van der Waals surface area contributed by atoms with E-state index in [4.69, 9.17) is 4.74 Å². The highest BCUT2D eigenvalue weighted by Crippen LogP contribution is 2.19. The van der Waals surface area contributed by atoms with Crippen molar-refractivity contribution >= 4 is 5.91 Å². The number of benzene rings is 1. The SMILES string of the molecule is COc1ccccc1CC(=O)NCc1cncc(-c2cccnc2)c1. The van der Waals surface area contributed by atoms with Crippen molar-refractivity contribution in [2.45, 2.75) is 13.0 Å². The number of nitrogens with one attached hydrogen (secondary N) is 1. The summed E-state index contributed by atoms with van der Waals surface area (Å²) in [7, 11) is 1.60. The van der Waals surface area contributed by atoms with Crippen LogP contribution in [0.5, 0.6) is 5.75 Å². The van der Waals surface area contributed by atoms with Crippen LogP contribution in [0.25, 0.3) is 11.1 Å². The molecule has 25 heavy (non-hydrogen) atoms. The van der Waals surface area contributed by atoms with Gasteiger partial charge in [0.25, 0.3) is 0 Å². The molecule has 3 rings (SSSR count). The van der Waals surface area contributed by atoms with Gasteiger partial charge in [0, 0.05) is 48.0 Å². The van der Waals surface area contributed by atoms with E-state index in [2.05, 4.69) is 15.3 Å². The molecule has 0 saturated carbocycles. The maximum Gasteiger partial charge on any atom is 0.224 e. The highest BCUT2D eigenvalue weighted by atomic mass is 16.5. The summed E-state index contributed by atoms with van der Waals surface area (Å²) in [5, 5.41) is 2.93. The van der Waals surface area contributed by atoms with Crippen LogP contribution in [0.15, 0.2) is 67.3 Å². The summed E-state index contributed by atoms with van der Waals surface area (Å²) in [6.07, 6.45) is 7.35. The van der Waals surface area contributed by atoms with Crippen LogP contribution in [0.4, 0.5) is 0 Å². The summed E-state index contributed by atoms with van der Waals surface area (Å²) in [5.74, 6) is 0.661. The van der Waals surface area contributed by atoms with E-state index in [0.29, 0.717) is 6.54 Å². The number of hydrogen-bond acceptors (Lipinski definition) is 4. The molecular weight excluding hydrogens is 314 g/mol. The lowest BCUT2D eigenvalue weighted by molar-refractivity contribution is -0.120. The Morgan fingerprint density at radius 2 is 1.88 bits per heavy atom. The number of methoxy groups -OCH3 is 1. The van der Waals surface area contributed by atoms with Crippen molar-refractivity contribution in [2.24, 2.45) is 0 Å². The summed E-state index contributed by atoms with van der Waals surface area (Å²) >= 11 is 0. The largest absolute Gasteiger partial charge is 0.496 e. The summed E-state index contributed by atoms with van der Waals surface area (Å²) in [4.78, 5) is 20.6. The van der Waals surface area contributed by atoms with Crippen molar-refractivity contribution < 1.29 is 9.53 Å². The van der Waals surface area contributed by atoms with Crippen LogP contribution in [0.1, 0.15) is 11.1 Å². The minimum absolute atomic E-state index is 0.0590. The number of nitrogens with zero attached hydrogens (tertiary/aromatic N) is 2. The Labute approximate surface area is 146 Å². The molecule has 1 N–H and O–H groups in total. The maximum absolute atomic E-state index is 12.2. The van der Waals surface area contributed by atoms with E-state index in [0.717, 1.165) is 28.0 Å². The number of pyridine rings is 2. The fourth-order valence-electron chi connectivity index (χ4n) is 2.56. The molecule has 0 spiro atoms. The topological polar surface area (TPSA) is 64.1 Å². The van der Waals surface area contributed by atoms with E-state index >= 15 is 0 Å². The first-order valence-electron chi connectivity index (χ1n) is 7.99. The molecule has 0 aliphatic carbocycles. The van der Waals surface area contributed by atoms with Gasteiger partial charge in [-0.3, -0.25) is 14.8 Å².